The molecule has 0 aromatic rings. The fourth-order valence-electron chi connectivity index (χ4n) is 6.58. The molecule has 0 bridgehead atoms. The molecule has 0 amide bonds. The van der Waals surface area contributed by atoms with Crippen molar-refractivity contribution in [2.45, 2.75) is 207 Å². The fourth-order valence-corrected chi connectivity index (χ4v) is 6.58. The van der Waals surface area contributed by atoms with Gasteiger partial charge in [-0.2, -0.15) is 0 Å². The van der Waals surface area contributed by atoms with Crippen molar-refractivity contribution in [2.24, 2.45) is 11.8 Å². The minimum Gasteiger partial charge on any atom is -0.481 e. The lowest BCUT2D eigenvalue weighted by molar-refractivity contribution is -0.148. The first-order chi connectivity index (χ1) is 22.0. The van der Waals surface area contributed by atoms with Crippen LogP contribution in [0.2, 0.25) is 0 Å². The molecule has 0 spiro atoms. The molecule has 0 heterocycles. The first-order valence-corrected chi connectivity index (χ1v) is 20.1. The smallest absolute Gasteiger partial charge is 0.306 e. The molecule has 2 atom stereocenters. The Balaban J connectivity index is 4.55. The van der Waals surface area contributed by atoms with Gasteiger partial charge in [-0.1, -0.05) is 149 Å². The van der Waals surface area contributed by atoms with Crippen molar-refractivity contribution in [2.75, 3.05) is 33.9 Å². The van der Waals surface area contributed by atoms with E-state index in [1.807, 2.05) is 0 Å². The van der Waals surface area contributed by atoms with Gasteiger partial charge in [0, 0.05) is 13.2 Å². The molecule has 0 saturated carbocycles. The van der Waals surface area contributed by atoms with Crippen LogP contribution in [0, 0.1) is 11.8 Å². The molecular formula is C40H81NO4. The molecule has 1 N–H and O–H groups in total. The van der Waals surface area contributed by atoms with E-state index in [1.54, 1.807) is 0 Å². The predicted octanol–water partition coefficient (Wildman–Crippen LogP) is 12.2. The summed E-state index contributed by atoms with van der Waals surface area (Å²) in [5.41, 5.74) is 0. The number of unbranched alkanes of at least 4 members (excludes halogenated alkanes) is 19. The van der Waals surface area contributed by atoms with Gasteiger partial charge in [0.25, 0.3) is 0 Å². The maximum absolute atomic E-state index is 12.3. The first kappa shape index (κ1) is 44.4. The van der Waals surface area contributed by atoms with Gasteiger partial charge < -0.3 is 19.5 Å². The summed E-state index contributed by atoms with van der Waals surface area (Å²) in [4.78, 5) is 14.5. The molecule has 2 unspecified atom stereocenters. The molecule has 0 aliphatic carbocycles. The second-order valence-corrected chi connectivity index (χ2v) is 14.3. The third-order valence-electron chi connectivity index (χ3n) is 9.55. The zero-order chi connectivity index (χ0) is 33.2. The number of carboxylic acids is 1. The minimum atomic E-state index is -0.572. The van der Waals surface area contributed by atoms with E-state index in [-0.39, 0.29) is 12.2 Å². The number of aliphatic carboxylic acids is 1. The fraction of sp³-hybridized carbons (Fsp3) is 0.975. The average Bonchev–Trinajstić information content (AvgIpc) is 3.01. The van der Waals surface area contributed by atoms with Crippen LogP contribution in [0.25, 0.3) is 0 Å². The Hall–Kier alpha value is -0.650. The Morgan fingerprint density at radius 2 is 0.889 bits per heavy atom. The SMILES string of the molecule is CCCCCCCCOC(CCCCCCCC(CCCCCCCC)C(CCCN(C)C)C(=O)O)OCCCCCCCC. The van der Waals surface area contributed by atoms with Crippen molar-refractivity contribution >= 4 is 5.97 Å². The van der Waals surface area contributed by atoms with E-state index in [1.165, 1.54) is 122 Å². The molecule has 0 aromatic heterocycles. The Kier molecular flexibility index (Phi) is 34.2. The van der Waals surface area contributed by atoms with Crippen molar-refractivity contribution in [1.82, 2.24) is 4.90 Å². The lowest BCUT2D eigenvalue weighted by Crippen LogP contribution is -2.25. The predicted molar refractivity (Wildman–Crippen MR) is 195 cm³/mol. The zero-order valence-electron chi connectivity index (χ0n) is 31.3. The second kappa shape index (κ2) is 34.7. The summed E-state index contributed by atoms with van der Waals surface area (Å²) in [6, 6.07) is 0. The van der Waals surface area contributed by atoms with Crippen LogP contribution < -0.4 is 0 Å². The molecule has 5 nitrogen and oxygen atoms in total. The van der Waals surface area contributed by atoms with E-state index in [4.69, 9.17) is 9.47 Å². The van der Waals surface area contributed by atoms with Gasteiger partial charge in [-0.05, 0) is 77.9 Å². The lowest BCUT2D eigenvalue weighted by atomic mass is 9.81. The molecule has 0 fully saturated rings. The number of carbonyl (C=O) groups is 1. The summed E-state index contributed by atoms with van der Waals surface area (Å²) in [7, 11) is 4.16. The Morgan fingerprint density at radius 3 is 1.29 bits per heavy atom. The maximum Gasteiger partial charge on any atom is 0.306 e. The monoisotopic (exact) mass is 640 g/mol. The van der Waals surface area contributed by atoms with E-state index in [0.717, 1.165) is 77.5 Å². The molecule has 0 aromatic carbocycles. The normalized spacial score (nSPS) is 13.2. The van der Waals surface area contributed by atoms with E-state index < -0.39 is 5.97 Å². The van der Waals surface area contributed by atoms with Gasteiger partial charge in [0.1, 0.15) is 0 Å². The molecule has 0 radical (unpaired) electrons. The van der Waals surface area contributed by atoms with Gasteiger partial charge in [-0.3, -0.25) is 4.79 Å². The van der Waals surface area contributed by atoms with Crippen LogP contribution in [-0.2, 0) is 14.3 Å². The summed E-state index contributed by atoms with van der Waals surface area (Å²) in [5, 5.41) is 10.1. The van der Waals surface area contributed by atoms with Crippen LogP contribution in [0.1, 0.15) is 201 Å². The second-order valence-electron chi connectivity index (χ2n) is 14.3. The molecule has 270 valence electrons. The van der Waals surface area contributed by atoms with Crippen LogP contribution >= 0.6 is 0 Å². The largest absolute Gasteiger partial charge is 0.481 e. The van der Waals surface area contributed by atoms with Gasteiger partial charge in [0.15, 0.2) is 6.29 Å². The van der Waals surface area contributed by atoms with Crippen LogP contribution in [-0.4, -0.2) is 56.1 Å². The highest BCUT2D eigenvalue weighted by molar-refractivity contribution is 5.70. The highest BCUT2D eigenvalue weighted by atomic mass is 16.7. The summed E-state index contributed by atoms with van der Waals surface area (Å²) < 4.78 is 12.5. The average molecular weight is 640 g/mol. The third kappa shape index (κ3) is 30.4. The summed E-state index contributed by atoms with van der Waals surface area (Å²) in [6.45, 7) is 9.42. The first-order valence-electron chi connectivity index (χ1n) is 20.1. The highest BCUT2D eigenvalue weighted by Gasteiger charge is 2.27. The summed E-state index contributed by atoms with van der Waals surface area (Å²) in [5.74, 6) is -0.433. The van der Waals surface area contributed by atoms with Gasteiger partial charge in [-0.15, -0.1) is 0 Å². The number of nitrogens with zero attached hydrogens (tertiary/aromatic N) is 1. The number of hydrogen-bond donors (Lipinski definition) is 1. The van der Waals surface area contributed by atoms with Crippen molar-refractivity contribution in [1.29, 1.82) is 0 Å². The van der Waals surface area contributed by atoms with E-state index in [0.29, 0.717) is 5.92 Å². The molecule has 0 saturated heterocycles. The van der Waals surface area contributed by atoms with Gasteiger partial charge in [0.2, 0.25) is 0 Å². The maximum atomic E-state index is 12.3. The van der Waals surface area contributed by atoms with Gasteiger partial charge in [0.05, 0.1) is 5.92 Å². The van der Waals surface area contributed by atoms with Crippen molar-refractivity contribution < 1.29 is 19.4 Å². The number of carboxylic acid groups (broad SMARTS) is 1. The van der Waals surface area contributed by atoms with Crippen molar-refractivity contribution in [3.63, 3.8) is 0 Å². The van der Waals surface area contributed by atoms with Crippen LogP contribution in [0.15, 0.2) is 0 Å². The van der Waals surface area contributed by atoms with Crippen LogP contribution in [0.5, 0.6) is 0 Å². The molecule has 0 rings (SSSR count). The lowest BCUT2D eigenvalue weighted by Gasteiger charge is -2.25. The third-order valence-corrected chi connectivity index (χ3v) is 9.55. The summed E-state index contributed by atoms with van der Waals surface area (Å²) in [6.07, 6.45) is 34.0. The summed E-state index contributed by atoms with van der Waals surface area (Å²) >= 11 is 0. The Labute approximate surface area is 282 Å². The Bertz CT molecular complexity index is 581. The van der Waals surface area contributed by atoms with E-state index in [9.17, 15) is 9.90 Å². The van der Waals surface area contributed by atoms with Crippen molar-refractivity contribution in [3.05, 3.63) is 0 Å². The Morgan fingerprint density at radius 1 is 0.511 bits per heavy atom. The van der Waals surface area contributed by atoms with Crippen molar-refractivity contribution in [3.8, 4) is 0 Å². The zero-order valence-corrected chi connectivity index (χ0v) is 31.3. The molecule has 45 heavy (non-hydrogen) atoms. The van der Waals surface area contributed by atoms with Gasteiger partial charge in [-0.25, -0.2) is 0 Å². The standard InChI is InChI=1S/C40H81NO4/c1-6-9-12-15-19-24-30-37(38(40(42)43)32-29-34-41(4)5)31-25-20-18-21-26-33-39(44-35-27-22-16-13-10-7-2)45-36-28-23-17-14-11-8-3/h37-39H,6-36H2,1-5H3,(H,42,43). The van der Waals surface area contributed by atoms with Crippen LogP contribution in [0.3, 0.4) is 0 Å². The van der Waals surface area contributed by atoms with Crippen LogP contribution in [0.4, 0.5) is 0 Å². The number of rotatable bonds is 37. The minimum absolute atomic E-state index is 0.0449. The quantitative estimate of drug-likeness (QED) is 0.0541. The van der Waals surface area contributed by atoms with Gasteiger partial charge >= 0.3 is 5.97 Å². The van der Waals surface area contributed by atoms with E-state index >= 15 is 0 Å². The molecule has 0 aliphatic rings. The molecular weight excluding hydrogens is 558 g/mol. The van der Waals surface area contributed by atoms with E-state index in [2.05, 4.69) is 39.8 Å². The molecule has 5 heteroatoms. The number of ether oxygens (including phenoxy) is 2. The highest BCUT2D eigenvalue weighted by Crippen LogP contribution is 2.30. The topological polar surface area (TPSA) is 59.0 Å². The number of hydrogen-bond acceptors (Lipinski definition) is 4. The molecule has 0 aliphatic heterocycles.